The van der Waals surface area contributed by atoms with Gasteiger partial charge in [0.2, 0.25) is 5.91 Å². The first-order chi connectivity index (χ1) is 16.8. The van der Waals surface area contributed by atoms with Gasteiger partial charge < -0.3 is 10.2 Å². The summed E-state index contributed by atoms with van der Waals surface area (Å²) in [5.41, 5.74) is 0.720. The van der Waals surface area contributed by atoms with E-state index in [2.05, 4.69) is 25.8 Å². The number of rotatable bonds is 6. The molecule has 1 fully saturated rings. The summed E-state index contributed by atoms with van der Waals surface area (Å²) in [5, 5.41) is 14.6. The molecule has 35 heavy (non-hydrogen) atoms. The molecule has 3 heterocycles. The quantitative estimate of drug-likeness (QED) is 0.411. The molecule has 5 rings (SSSR count). The number of amides is 4. The highest BCUT2D eigenvalue weighted by molar-refractivity contribution is 7.18. The maximum Gasteiger partial charge on any atom is 0.325 e. The van der Waals surface area contributed by atoms with Gasteiger partial charge in [-0.2, -0.15) is 0 Å². The fourth-order valence-corrected chi connectivity index (χ4v) is 5.04. The topological polar surface area (TPSA) is 126 Å². The average Bonchev–Trinajstić information content (AvgIpc) is 3.59. The lowest BCUT2D eigenvalue weighted by molar-refractivity contribution is -0.139. The number of hydrogen-bond donors (Lipinski definition) is 1. The second-order valence-corrected chi connectivity index (χ2v) is 9.51. The van der Waals surface area contributed by atoms with Gasteiger partial charge in [0.05, 0.1) is 21.9 Å². The molecule has 2 aromatic carbocycles. The first-order valence-corrected chi connectivity index (χ1v) is 11.7. The number of carbonyl (C=O) groups is 3. The molecule has 2 aromatic heterocycles. The van der Waals surface area contributed by atoms with Gasteiger partial charge in [0.15, 0.2) is 0 Å². The Morgan fingerprint density at radius 2 is 2.00 bits per heavy atom. The van der Waals surface area contributed by atoms with Crippen molar-refractivity contribution >= 4 is 39.4 Å². The summed E-state index contributed by atoms with van der Waals surface area (Å²) in [6.07, 6.45) is 1.43. The number of aromatic nitrogens is 5. The van der Waals surface area contributed by atoms with Crippen molar-refractivity contribution in [1.82, 2.24) is 40.3 Å². The Bertz CT molecular complexity index is 1400. The number of fused-ring (bicyclic) bond motifs is 1. The molecule has 4 aromatic rings. The second-order valence-electron chi connectivity index (χ2n) is 8.45. The van der Waals surface area contributed by atoms with Crippen LogP contribution in [0.3, 0.4) is 0 Å². The van der Waals surface area contributed by atoms with E-state index in [0.717, 1.165) is 20.1 Å². The van der Waals surface area contributed by atoms with Crippen molar-refractivity contribution in [1.29, 1.82) is 0 Å². The van der Waals surface area contributed by atoms with Crippen LogP contribution in [0, 0.1) is 0 Å². The van der Waals surface area contributed by atoms with E-state index in [4.69, 9.17) is 0 Å². The van der Waals surface area contributed by atoms with Gasteiger partial charge in [0.25, 0.3) is 5.91 Å². The highest BCUT2D eigenvalue weighted by atomic mass is 32.1. The number of carbonyl (C=O) groups excluding carboxylic acids is 3. The standard InChI is InChI=1S/C23H22N8O3S/c1-14(20-25-17-9-4-5-10-18(17)35-20)29(3)19(32)12-30-21(33)23(2,26-22(30)34)15-7-6-8-16(11-15)31-13-24-27-28-31/h4-11,13-14H,12H2,1-3H3,(H,26,34)/t14-,23+/m1/s1. The third kappa shape index (κ3) is 3.91. The minimum atomic E-state index is -1.33. The number of nitrogens with one attached hydrogen (secondary N) is 1. The SMILES string of the molecule is C[C@H](c1nc2ccccc2s1)N(C)C(=O)CN1C(=O)N[C@@](C)(c2cccc(-n3cnnn3)c2)C1=O. The van der Waals surface area contributed by atoms with Gasteiger partial charge in [0.1, 0.15) is 23.4 Å². The Hall–Kier alpha value is -4.19. The molecule has 1 saturated heterocycles. The van der Waals surface area contributed by atoms with Crippen LogP contribution in [0.2, 0.25) is 0 Å². The number of imide groups is 1. The van der Waals surface area contributed by atoms with Gasteiger partial charge in [-0.3, -0.25) is 14.5 Å². The minimum absolute atomic E-state index is 0.319. The largest absolute Gasteiger partial charge is 0.335 e. The molecular weight excluding hydrogens is 468 g/mol. The van der Waals surface area contributed by atoms with Gasteiger partial charge >= 0.3 is 6.03 Å². The van der Waals surface area contributed by atoms with E-state index >= 15 is 0 Å². The molecular formula is C23H22N8O3S. The van der Waals surface area contributed by atoms with Crippen LogP contribution in [0.25, 0.3) is 15.9 Å². The summed E-state index contributed by atoms with van der Waals surface area (Å²) >= 11 is 1.51. The van der Waals surface area contributed by atoms with Gasteiger partial charge in [-0.25, -0.2) is 14.5 Å². The fourth-order valence-electron chi connectivity index (χ4n) is 3.97. The summed E-state index contributed by atoms with van der Waals surface area (Å²) < 4.78 is 2.48. The van der Waals surface area contributed by atoms with Crippen molar-refractivity contribution in [3.63, 3.8) is 0 Å². The van der Waals surface area contributed by atoms with Crippen LogP contribution in [0.1, 0.15) is 30.5 Å². The smallest absolute Gasteiger partial charge is 0.325 e. The number of para-hydroxylation sites is 1. The zero-order valence-corrected chi connectivity index (χ0v) is 20.1. The summed E-state index contributed by atoms with van der Waals surface area (Å²) in [6, 6.07) is 13.8. The summed E-state index contributed by atoms with van der Waals surface area (Å²) in [5.74, 6) is -0.877. The lowest BCUT2D eigenvalue weighted by Crippen LogP contribution is -2.44. The maximum atomic E-state index is 13.4. The van der Waals surface area contributed by atoms with Crippen LogP contribution in [-0.2, 0) is 15.1 Å². The molecule has 12 heteroatoms. The maximum absolute atomic E-state index is 13.4. The zero-order valence-electron chi connectivity index (χ0n) is 19.2. The van der Waals surface area contributed by atoms with E-state index in [0.29, 0.717) is 11.3 Å². The predicted octanol–water partition coefficient (Wildman–Crippen LogP) is 2.26. The van der Waals surface area contributed by atoms with E-state index < -0.39 is 17.5 Å². The Morgan fingerprint density at radius 3 is 2.74 bits per heavy atom. The van der Waals surface area contributed by atoms with Gasteiger partial charge in [-0.15, -0.1) is 16.4 Å². The molecule has 11 nitrogen and oxygen atoms in total. The molecule has 0 bridgehead atoms. The van der Waals surface area contributed by atoms with E-state index in [1.807, 2.05) is 31.2 Å². The highest BCUT2D eigenvalue weighted by Crippen LogP contribution is 2.31. The number of tetrazole rings is 1. The molecule has 0 radical (unpaired) electrons. The van der Waals surface area contributed by atoms with Gasteiger partial charge in [-0.05, 0) is 54.1 Å². The van der Waals surface area contributed by atoms with Gasteiger partial charge in [-0.1, -0.05) is 24.3 Å². The van der Waals surface area contributed by atoms with Crippen molar-refractivity contribution in [3.05, 3.63) is 65.4 Å². The number of benzene rings is 2. The van der Waals surface area contributed by atoms with E-state index in [9.17, 15) is 14.4 Å². The average molecular weight is 491 g/mol. The summed E-state index contributed by atoms with van der Waals surface area (Å²) in [6.45, 7) is 3.11. The lowest BCUT2D eigenvalue weighted by Gasteiger charge is -2.26. The predicted molar refractivity (Wildman–Crippen MR) is 128 cm³/mol. The minimum Gasteiger partial charge on any atom is -0.335 e. The van der Waals surface area contributed by atoms with Crippen LogP contribution in [0.5, 0.6) is 0 Å². The third-order valence-corrected chi connectivity index (χ3v) is 7.45. The zero-order chi connectivity index (χ0) is 24.7. The molecule has 1 aliphatic heterocycles. The first-order valence-electron chi connectivity index (χ1n) is 10.9. The molecule has 0 aliphatic carbocycles. The normalized spacial score (nSPS) is 18.7. The number of nitrogens with zero attached hydrogens (tertiary/aromatic N) is 7. The van der Waals surface area contributed by atoms with Crippen molar-refractivity contribution in [2.75, 3.05) is 13.6 Å². The Morgan fingerprint density at radius 1 is 1.20 bits per heavy atom. The highest BCUT2D eigenvalue weighted by Gasteiger charge is 2.50. The van der Waals surface area contributed by atoms with Crippen LogP contribution in [-0.4, -0.2) is 66.4 Å². The Kier molecular flexibility index (Phi) is 5.52. The van der Waals surface area contributed by atoms with Crippen LogP contribution < -0.4 is 5.32 Å². The Labute approximate surface area is 204 Å². The van der Waals surface area contributed by atoms with Crippen LogP contribution >= 0.6 is 11.3 Å². The van der Waals surface area contributed by atoms with Crippen LogP contribution in [0.15, 0.2) is 54.9 Å². The first kappa shape index (κ1) is 22.6. The summed E-state index contributed by atoms with van der Waals surface area (Å²) in [7, 11) is 1.65. The van der Waals surface area contributed by atoms with E-state index in [1.165, 1.54) is 27.2 Å². The van der Waals surface area contributed by atoms with E-state index in [-0.39, 0.29) is 18.5 Å². The molecule has 178 valence electrons. The molecule has 1 N–H and O–H groups in total. The molecule has 0 saturated carbocycles. The number of likely N-dealkylation sites (N-methyl/N-ethyl adjacent to an activating group) is 1. The molecule has 1 aliphatic rings. The molecule has 2 atom stereocenters. The molecule has 4 amide bonds. The number of hydrogen-bond acceptors (Lipinski definition) is 8. The monoisotopic (exact) mass is 490 g/mol. The second kappa shape index (κ2) is 8.55. The van der Waals surface area contributed by atoms with Crippen molar-refractivity contribution < 1.29 is 14.4 Å². The molecule has 0 spiro atoms. The Balaban J connectivity index is 1.33. The third-order valence-electron chi connectivity index (χ3n) is 6.25. The number of thiazole rings is 1. The van der Waals surface area contributed by atoms with E-state index in [1.54, 1.807) is 38.2 Å². The lowest BCUT2D eigenvalue weighted by atomic mass is 9.91. The van der Waals surface area contributed by atoms with Crippen LogP contribution in [0.4, 0.5) is 4.79 Å². The summed E-state index contributed by atoms with van der Waals surface area (Å²) in [4.78, 5) is 46.3. The number of urea groups is 1. The fraction of sp³-hybridized carbons (Fsp3) is 0.261. The molecule has 0 unspecified atom stereocenters. The van der Waals surface area contributed by atoms with Gasteiger partial charge in [0, 0.05) is 7.05 Å². The van der Waals surface area contributed by atoms with Crippen molar-refractivity contribution in [3.8, 4) is 5.69 Å². The van der Waals surface area contributed by atoms with Crippen molar-refractivity contribution in [2.45, 2.75) is 25.4 Å². The van der Waals surface area contributed by atoms with Crippen molar-refractivity contribution in [2.24, 2.45) is 0 Å².